The standard InChI is InChI=1S/C11H8BrFN4O/c12-6-2-1-3-7(13)10(6)17-11(18)8-4-15-5-9(14)16-8/h1-5H,(H2,14,16)(H,17,18). The van der Waals surface area contributed by atoms with Crippen LogP contribution in [0.4, 0.5) is 15.9 Å². The number of carbonyl (C=O) groups is 1. The highest BCUT2D eigenvalue weighted by Crippen LogP contribution is 2.25. The van der Waals surface area contributed by atoms with Crippen LogP contribution in [-0.2, 0) is 0 Å². The van der Waals surface area contributed by atoms with E-state index in [4.69, 9.17) is 5.73 Å². The third-order valence-corrected chi connectivity index (χ3v) is 2.75. The first-order chi connectivity index (χ1) is 8.58. The lowest BCUT2D eigenvalue weighted by molar-refractivity contribution is 0.102. The number of hydrogen-bond donors (Lipinski definition) is 2. The van der Waals surface area contributed by atoms with Gasteiger partial charge in [-0.05, 0) is 28.1 Å². The van der Waals surface area contributed by atoms with Crippen molar-refractivity contribution in [2.75, 3.05) is 11.1 Å². The third-order valence-electron chi connectivity index (χ3n) is 2.09. The van der Waals surface area contributed by atoms with Crippen LogP contribution in [0.3, 0.4) is 0 Å². The number of halogens is 2. The molecule has 0 radical (unpaired) electrons. The van der Waals surface area contributed by atoms with Crippen LogP contribution in [0.5, 0.6) is 0 Å². The van der Waals surface area contributed by atoms with Gasteiger partial charge in [0.2, 0.25) is 0 Å². The maximum Gasteiger partial charge on any atom is 0.276 e. The van der Waals surface area contributed by atoms with Crippen molar-refractivity contribution in [1.29, 1.82) is 0 Å². The smallest absolute Gasteiger partial charge is 0.276 e. The van der Waals surface area contributed by atoms with E-state index >= 15 is 0 Å². The Bertz CT molecular complexity index is 585. The van der Waals surface area contributed by atoms with Crippen LogP contribution in [0.1, 0.15) is 10.5 Å². The molecule has 1 aromatic carbocycles. The lowest BCUT2D eigenvalue weighted by Gasteiger charge is -2.07. The molecule has 7 heteroatoms. The highest BCUT2D eigenvalue weighted by atomic mass is 79.9. The first-order valence-electron chi connectivity index (χ1n) is 4.91. The molecule has 1 aromatic heterocycles. The molecule has 0 atom stereocenters. The molecule has 0 spiro atoms. The summed E-state index contributed by atoms with van der Waals surface area (Å²) < 4.78 is 13.9. The van der Waals surface area contributed by atoms with E-state index in [2.05, 4.69) is 31.2 Å². The largest absolute Gasteiger partial charge is 0.382 e. The summed E-state index contributed by atoms with van der Waals surface area (Å²) in [6.45, 7) is 0. The molecule has 0 saturated heterocycles. The minimum Gasteiger partial charge on any atom is -0.382 e. The minimum absolute atomic E-state index is 0.0187. The first-order valence-corrected chi connectivity index (χ1v) is 5.70. The Morgan fingerprint density at radius 2 is 2.17 bits per heavy atom. The predicted molar refractivity (Wildman–Crippen MR) is 68.5 cm³/mol. The molecule has 2 rings (SSSR count). The molecule has 0 aliphatic heterocycles. The maximum atomic E-state index is 13.5. The van der Waals surface area contributed by atoms with Crippen molar-refractivity contribution in [3.8, 4) is 0 Å². The van der Waals surface area contributed by atoms with E-state index < -0.39 is 11.7 Å². The molecule has 0 saturated carbocycles. The predicted octanol–water partition coefficient (Wildman–Crippen LogP) is 2.21. The Labute approximate surface area is 110 Å². The number of anilines is 2. The molecule has 3 N–H and O–H groups in total. The number of para-hydroxylation sites is 1. The van der Waals surface area contributed by atoms with E-state index in [9.17, 15) is 9.18 Å². The Kier molecular flexibility index (Phi) is 3.52. The number of nitrogens with zero attached hydrogens (tertiary/aromatic N) is 2. The van der Waals surface area contributed by atoms with Gasteiger partial charge >= 0.3 is 0 Å². The second-order valence-corrected chi connectivity index (χ2v) is 4.23. The molecule has 0 unspecified atom stereocenters. The highest BCUT2D eigenvalue weighted by molar-refractivity contribution is 9.10. The number of aromatic nitrogens is 2. The number of rotatable bonds is 2. The Morgan fingerprint density at radius 1 is 1.39 bits per heavy atom. The third kappa shape index (κ3) is 2.62. The molecule has 18 heavy (non-hydrogen) atoms. The van der Waals surface area contributed by atoms with E-state index in [0.717, 1.165) is 0 Å². The van der Waals surface area contributed by atoms with Gasteiger partial charge in [-0.2, -0.15) is 0 Å². The molecule has 5 nitrogen and oxygen atoms in total. The van der Waals surface area contributed by atoms with Crippen molar-refractivity contribution in [2.24, 2.45) is 0 Å². The van der Waals surface area contributed by atoms with Crippen LogP contribution < -0.4 is 11.1 Å². The number of carbonyl (C=O) groups excluding carboxylic acids is 1. The first kappa shape index (κ1) is 12.4. The van der Waals surface area contributed by atoms with Gasteiger partial charge < -0.3 is 11.1 Å². The molecule has 1 amide bonds. The summed E-state index contributed by atoms with van der Waals surface area (Å²) in [7, 11) is 0. The van der Waals surface area contributed by atoms with Crippen LogP contribution in [0.25, 0.3) is 0 Å². The highest BCUT2D eigenvalue weighted by Gasteiger charge is 2.13. The topological polar surface area (TPSA) is 80.9 Å². The molecule has 0 aliphatic carbocycles. The maximum absolute atomic E-state index is 13.5. The van der Waals surface area contributed by atoms with Crippen molar-refractivity contribution in [2.45, 2.75) is 0 Å². The summed E-state index contributed by atoms with van der Waals surface area (Å²) in [6, 6.07) is 4.38. The fourth-order valence-corrected chi connectivity index (χ4v) is 1.73. The van der Waals surface area contributed by atoms with Crippen molar-refractivity contribution >= 4 is 33.3 Å². The molecule has 92 valence electrons. The normalized spacial score (nSPS) is 10.1. The second-order valence-electron chi connectivity index (χ2n) is 3.38. The van der Waals surface area contributed by atoms with E-state index in [-0.39, 0.29) is 17.2 Å². The van der Waals surface area contributed by atoms with Crippen LogP contribution >= 0.6 is 15.9 Å². The quantitative estimate of drug-likeness (QED) is 0.891. The van der Waals surface area contributed by atoms with Gasteiger partial charge in [0.25, 0.3) is 5.91 Å². The molecule has 0 bridgehead atoms. The summed E-state index contributed by atoms with van der Waals surface area (Å²) in [6.07, 6.45) is 2.57. The summed E-state index contributed by atoms with van der Waals surface area (Å²) >= 11 is 3.15. The van der Waals surface area contributed by atoms with Gasteiger partial charge in [0.05, 0.1) is 18.1 Å². The van der Waals surface area contributed by atoms with Gasteiger partial charge in [-0.15, -0.1) is 0 Å². The summed E-state index contributed by atoms with van der Waals surface area (Å²) in [5, 5.41) is 2.40. The monoisotopic (exact) mass is 310 g/mol. The van der Waals surface area contributed by atoms with Crippen molar-refractivity contribution in [3.05, 3.63) is 46.6 Å². The van der Waals surface area contributed by atoms with Gasteiger partial charge in [-0.1, -0.05) is 6.07 Å². The van der Waals surface area contributed by atoms with E-state index in [0.29, 0.717) is 4.47 Å². The summed E-state index contributed by atoms with van der Waals surface area (Å²) in [5.41, 5.74) is 5.48. The fraction of sp³-hybridized carbons (Fsp3) is 0. The zero-order chi connectivity index (χ0) is 13.1. The summed E-state index contributed by atoms with van der Waals surface area (Å²) in [5.74, 6) is -1.01. The van der Waals surface area contributed by atoms with Crippen molar-refractivity contribution in [3.63, 3.8) is 0 Å². The fourth-order valence-electron chi connectivity index (χ4n) is 1.29. The van der Waals surface area contributed by atoms with Crippen LogP contribution in [0, 0.1) is 5.82 Å². The molecule has 0 aliphatic rings. The van der Waals surface area contributed by atoms with E-state index in [1.54, 1.807) is 6.07 Å². The van der Waals surface area contributed by atoms with Crippen LogP contribution in [-0.4, -0.2) is 15.9 Å². The SMILES string of the molecule is Nc1cncc(C(=O)Nc2c(F)cccc2Br)n1. The second kappa shape index (κ2) is 5.09. The lowest BCUT2D eigenvalue weighted by Crippen LogP contribution is -2.16. The van der Waals surface area contributed by atoms with Crippen molar-refractivity contribution in [1.82, 2.24) is 9.97 Å². The van der Waals surface area contributed by atoms with Gasteiger partial charge in [0.15, 0.2) is 0 Å². The van der Waals surface area contributed by atoms with Crippen molar-refractivity contribution < 1.29 is 9.18 Å². The van der Waals surface area contributed by atoms with Gasteiger partial charge in [-0.3, -0.25) is 9.78 Å². The number of nitrogens with two attached hydrogens (primary N) is 1. The molecular weight excluding hydrogens is 303 g/mol. The van der Waals surface area contributed by atoms with Gasteiger partial charge in [0, 0.05) is 4.47 Å². The summed E-state index contributed by atoms with van der Waals surface area (Å²) in [4.78, 5) is 19.3. The Balaban J connectivity index is 2.27. The molecular formula is C11H8BrFN4O. The number of benzene rings is 1. The lowest BCUT2D eigenvalue weighted by atomic mass is 10.3. The van der Waals surface area contributed by atoms with Gasteiger partial charge in [-0.25, -0.2) is 9.37 Å². The minimum atomic E-state index is -0.583. The zero-order valence-electron chi connectivity index (χ0n) is 9.02. The number of nitrogens with one attached hydrogen (secondary N) is 1. The average Bonchev–Trinajstić information content (AvgIpc) is 2.34. The molecule has 1 heterocycles. The average molecular weight is 311 g/mol. The van der Waals surface area contributed by atoms with E-state index in [1.165, 1.54) is 24.5 Å². The Morgan fingerprint density at radius 3 is 2.83 bits per heavy atom. The Hall–Kier alpha value is -2.02. The number of nitrogen functional groups attached to an aromatic ring is 1. The molecule has 2 aromatic rings. The van der Waals surface area contributed by atoms with Crippen LogP contribution in [0.15, 0.2) is 35.1 Å². The molecule has 0 fully saturated rings. The van der Waals surface area contributed by atoms with Gasteiger partial charge in [0.1, 0.15) is 17.3 Å². The van der Waals surface area contributed by atoms with Crippen LogP contribution in [0.2, 0.25) is 0 Å². The zero-order valence-corrected chi connectivity index (χ0v) is 10.6. The number of hydrogen-bond acceptors (Lipinski definition) is 4. The van der Waals surface area contributed by atoms with E-state index in [1.807, 2.05) is 0 Å². The number of amides is 1.